The number of aliphatic carboxylic acids is 1. The van der Waals surface area contributed by atoms with Gasteiger partial charge in [0.25, 0.3) is 0 Å². The van der Waals surface area contributed by atoms with Crippen molar-refractivity contribution < 1.29 is 9.90 Å². The number of hydrogen-bond donors (Lipinski definition) is 1. The zero-order valence-corrected chi connectivity index (χ0v) is 14.4. The second-order valence-electron chi connectivity index (χ2n) is 7.50. The van der Waals surface area contributed by atoms with Crippen LogP contribution in [0.1, 0.15) is 82.9 Å². The Kier molecular flexibility index (Phi) is 6.00. The van der Waals surface area contributed by atoms with Crippen molar-refractivity contribution in [3.05, 3.63) is 34.9 Å². The molecule has 1 aromatic carbocycles. The molecule has 0 aliphatic rings. The zero-order chi connectivity index (χ0) is 16.2. The average Bonchev–Trinajstić information content (AvgIpc) is 2.34. The third-order valence-corrected chi connectivity index (χ3v) is 4.16. The minimum Gasteiger partial charge on any atom is -0.481 e. The Morgan fingerprint density at radius 3 is 2.24 bits per heavy atom. The molecule has 2 nitrogen and oxygen atoms in total. The summed E-state index contributed by atoms with van der Waals surface area (Å²) < 4.78 is 0. The highest BCUT2D eigenvalue weighted by molar-refractivity contribution is 5.67. The van der Waals surface area contributed by atoms with Gasteiger partial charge in [-0.3, -0.25) is 4.79 Å². The Labute approximate surface area is 129 Å². The minimum absolute atomic E-state index is 0.156. The van der Waals surface area contributed by atoms with E-state index in [1.54, 1.807) is 0 Å². The number of benzene rings is 1. The molecule has 0 saturated carbocycles. The summed E-state index contributed by atoms with van der Waals surface area (Å²) in [6, 6.07) is 6.78. The quantitative estimate of drug-likeness (QED) is 0.733. The largest absolute Gasteiger partial charge is 0.481 e. The van der Waals surface area contributed by atoms with Crippen LogP contribution < -0.4 is 0 Å². The summed E-state index contributed by atoms with van der Waals surface area (Å²) in [5, 5.41) is 8.99. The summed E-state index contributed by atoms with van der Waals surface area (Å²) in [6.07, 6.45) is 2.08. The Morgan fingerprint density at radius 1 is 1.14 bits per heavy atom. The SMILES string of the molecule is CC(C)c1ccc(CCC(C)(C)CC(=O)O)c(C(C)C)c1. The van der Waals surface area contributed by atoms with Crippen molar-refractivity contribution in [3.63, 3.8) is 0 Å². The van der Waals surface area contributed by atoms with E-state index in [4.69, 9.17) is 5.11 Å². The van der Waals surface area contributed by atoms with Crippen molar-refractivity contribution in [3.8, 4) is 0 Å². The first-order valence-corrected chi connectivity index (χ1v) is 7.97. The summed E-state index contributed by atoms with van der Waals surface area (Å²) >= 11 is 0. The molecule has 0 bridgehead atoms. The highest BCUT2D eigenvalue weighted by atomic mass is 16.4. The first kappa shape index (κ1) is 17.7. The first-order chi connectivity index (χ1) is 9.62. The highest BCUT2D eigenvalue weighted by Gasteiger charge is 2.22. The molecule has 2 heteroatoms. The number of carbonyl (C=O) groups is 1. The van der Waals surface area contributed by atoms with Gasteiger partial charge in [0.05, 0.1) is 6.42 Å². The highest BCUT2D eigenvalue weighted by Crippen LogP contribution is 2.31. The van der Waals surface area contributed by atoms with E-state index in [1.165, 1.54) is 16.7 Å². The van der Waals surface area contributed by atoms with E-state index in [0.717, 1.165) is 12.8 Å². The van der Waals surface area contributed by atoms with Crippen LogP contribution in [0.3, 0.4) is 0 Å². The minimum atomic E-state index is -0.709. The normalized spacial score (nSPS) is 12.2. The van der Waals surface area contributed by atoms with Crippen molar-refractivity contribution in [1.82, 2.24) is 0 Å². The molecule has 21 heavy (non-hydrogen) atoms. The van der Waals surface area contributed by atoms with Crippen molar-refractivity contribution in [2.45, 2.75) is 72.6 Å². The third-order valence-electron chi connectivity index (χ3n) is 4.16. The van der Waals surface area contributed by atoms with Gasteiger partial charge in [0, 0.05) is 0 Å². The Balaban J connectivity index is 2.90. The molecule has 0 amide bonds. The number of rotatable bonds is 7. The lowest BCUT2D eigenvalue weighted by Crippen LogP contribution is -2.18. The fourth-order valence-corrected chi connectivity index (χ4v) is 2.71. The Hall–Kier alpha value is -1.31. The predicted octanol–water partition coefficient (Wildman–Crippen LogP) is 5.37. The van der Waals surface area contributed by atoms with Gasteiger partial charge in [-0.25, -0.2) is 0 Å². The molecule has 0 heterocycles. The summed E-state index contributed by atoms with van der Waals surface area (Å²) in [7, 11) is 0. The monoisotopic (exact) mass is 290 g/mol. The number of aryl methyl sites for hydroxylation is 1. The first-order valence-electron chi connectivity index (χ1n) is 7.97. The van der Waals surface area contributed by atoms with Crippen molar-refractivity contribution in [2.75, 3.05) is 0 Å². The maximum absolute atomic E-state index is 10.9. The van der Waals surface area contributed by atoms with E-state index in [-0.39, 0.29) is 11.8 Å². The summed E-state index contributed by atoms with van der Waals surface area (Å²) in [5.74, 6) is 0.334. The second-order valence-corrected chi connectivity index (χ2v) is 7.50. The molecule has 1 N–H and O–H groups in total. The lowest BCUT2D eigenvalue weighted by molar-refractivity contribution is -0.139. The van der Waals surface area contributed by atoms with Crippen LogP contribution in [0.4, 0.5) is 0 Å². The van der Waals surface area contributed by atoms with Gasteiger partial charge < -0.3 is 5.11 Å². The summed E-state index contributed by atoms with van der Waals surface area (Å²) in [4.78, 5) is 10.9. The van der Waals surface area contributed by atoms with Gasteiger partial charge in [-0.1, -0.05) is 59.7 Å². The fourth-order valence-electron chi connectivity index (χ4n) is 2.71. The lowest BCUT2D eigenvalue weighted by Gasteiger charge is -2.24. The molecule has 0 aromatic heterocycles. The van der Waals surface area contributed by atoms with E-state index in [2.05, 4.69) is 45.9 Å². The average molecular weight is 290 g/mol. The molecule has 0 fully saturated rings. The Bertz CT molecular complexity index is 484. The van der Waals surface area contributed by atoms with Gasteiger partial charge in [-0.15, -0.1) is 0 Å². The maximum atomic E-state index is 10.9. The smallest absolute Gasteiger partial charge is 0.303 e. The maximum Gasteiger partial charge on any atom is 0.303 e. The molecule has 0 unspecified atom stereocenters. The van der Waals surface area contributed by atoms with Crippen LogP contribution in [-0.2, 0) is 11.2 Å². The molecular formula is C19H30O2. The second kappa shape index (κ2) is 7.11. The zero-order valence-electron chi connectivity index (χ0n) is 14.4. The molecule has 0 atom stereocenters. The lowest BCUT2D eigenvalue weighted by atomic mass is 9.81. The van der Waals surface area contributed by atoms with E-state index in [1.807, 2.05) is 13.8 Å². The van der Waals surface area contributed by atoms with E-state index in [9.17, 15) is 4.79 Å². The van der Waals surface area contributed by atoms with Gasteiger partial charge >= 0.3 is 5.97 Å². The number of hydrogen-bond acceptors (Lipinski definition) is 1. The molecule has 0 radical (unpaired) electrons. The molecule has 1 rings (SSSR count). The van der Waals surface area contributed by atoms with E-state index >= 15 is 0 Å². The standard InChI is InChI=1S/C19H30O2/c1-13(2)16-8-7-15(17(11-16)14(3)4)9-10-19(5,6)12-18(20)21/h7-8,11,13-14H,9-10,12H2,1-6H3,(H,20,21). The topological polar surface area (TPSA) is 37.3 Å². The summed E-state index contributed by atoms with van der Waals surface area (Å²) in [6.45, 7) is 13.0. The molecular weight excluding hydrogens is 260 g/mol. The van der Waals surface area contributed by atoms with Gasteiger partial charge in [0.2, 0.25) is 0 Å². The van der Waals surface area contributed by atoms with Crippen molar-refractivity contribution in [1.29, 1.82) is 0 Å². The molecule has 0 spiro atoms. The van der Waals surface area contributed by atoms with Crippen LogP contribution in [0.25, 0.3) is 0 Å². The fraction of sp³-hybridized carbons (Fsp3) is 0.632. The van der Waals surface area contributed by atoms with Crippen LogP contribution >= 0.6 is 0 Å². The number of carboxylic acid groups (broad SMARTS) is 1. The van der Waals surface area contributed by atoms with Gasteiger partial charge in [0.15, 0.2) is 0 Å². The van der Waals surface area contributed by atoms with Gasteiger partial charge in [0.1, 0.15) is 0 Å². The van der Waals surface area contributed by atoms with Gasteiger partial charge in [-0.05, 0) is 46.8 Å². The van der Waals surface area contributed by atoms with Crippen molar-refractivity contribution >= 4 is 5.97 Å². The van der Waals surface area contributed by atoms with Crippen LogP contribution in [0.5, 0.6) is 0 Å². The van der Waals surface area contributed by atoms with Crippen molar-refractivity contribution in [2.24, 2.45) is 5.41 Å². The summed E-state index contributed by atoms with van der Waals surface area (Å²) in [5.41, 5.74) is 4.00. The van der Waals surface area contributed by atoms with E-state index in [0.29, 0.717) is 11.8 Å². The molecule has 0 aliphatic heterocycles. The van der Waals surface area contributed by atoms with E-state index < -0.39 is 5.97 Å². The number of carboxylic acids is 1. The van der Waals surface area contributed by atoms with Crippen LogP contribution in [0, 0.1) is 5.41 Å². The third kappa shape index (κ3) is 5.53. The predicted molar refractivity (Wildman–Crippen MR) is 89.0 cm³/mol. The van der Waals surface area contributed by atoms with Crippen LogP contribution in [0.2, 0.25) is 0 Å². The molecule has 0 saturated heterocycles. The van der Waals surface area contributed by atoms with Gasteiger partial charge in [-0.2, -0.15) is 0 Å². The van der Waals surface area contributed by atoms with Crippen LogP contribution in [-0.4, -0.2) is 11.1 Å². The molecule has 1 aromatic rings. The van der Waals surface area contributed by atoms with Crippen LogP contribution in [0.15, 0.2) is 18.2 Å². The Morgan fingerprint density at radius 2 is 1.76 bits per heavy atom. The molecule has 0 aliphatic carbocycles. The molecule has 118 valence electrons.